The van der Waals surface area contributed by atoms with Gasteiger partial charge in [0.25, 0.3) is 5.91 Å². The normalized spacial score (nSPS) is 16.8. The molecule has 1 atom stereocenters. The lowest BCUT2D eigenvalue weighted by atomic mass is 10.0. The van der Waals surface area contributed by atoms with Crippen LogP contribution in [0.4, 0.5) is 32.2 Å². The van der Waals surface area contributed by atoms with Gasteiger partial charge in [0.2, 0.25) is 5.43 Å². The van der Waals surface area contributed by atoms with Crippen LogP contribution in [0.25, 0.3) is 16.7 Å². The third kappa shape index (κ3) is 6.83. The molecule has 2 aliphatic carbocycles. The maximum Gasteiger partial charge on any atom is 0.408 e. The number of carbonyl (C=O) groups is 2. The van der Waals surface area contributed by atoms with E-state index in [9.17, 15) is 40.7 Å². The van der Waals surface area contributed by atoms with E-state index < -0.39 is 69.2 Å². The van der Waals surface area contributed by atoms with Crippen molar-refractivity contribution in [3.63, 3.8) is 0 Å². The van der Waals surface area contributed by atoms with Crippen LogP contribution in [0.5, 0.6) is 0 Å². The predicted molar refractivity (Wildman–Crippen MR) is 148 cm³/mol. The van der Waals surface area contributed by atoms with Crippen LogP contribution in [0.2, 0.25) is 0 Å². The number of halogens is 6. The van der Waals surface area contributed by atoms with Crippen LogP contribution in [-0.4, -0.2) is 45.8 Å². The van der Waals surface area contributed by atoms with Crippen LogP contribution in [-0.2, 0) is 9.53 Å². The number of fused-ring (bicyclic) bond motifs is 1. The lowest BCUT2D eigenvalue weighted by Gasteiger charge is -2.22. The number of rotatable bonds is 9. The smallest absolute Gasteiger partial charge is 0.408 e. The van der Waals surface area contributed by atoms with Gasteiger partial charge >= 0.3 is 12.1 Å². The van der Waals surface area contributed by atoms with Gasteiger partial charge in [-0.25, -0.2) is 18.2 Å². The molecule has 2 fully saturated rings. The number of alkyl halides is 3. The van der Waals surface area contributed by atoms with E-state index in [1.165, 1.54) is 12.1 Å². The summed E-state index contributed by atoms with van der Waals surface area (Å²) in [6.45, 7) is 5.54. The van der Waals surface area contributed by atoms with E-state index in [4.69, 9.17) is 4.74 Å². The topological polar surface area (TPSA) is 102 Å². The molecule has 2 aromatic heterocycles. The van der Waals surface area contributed by atoms with Gasteiger partial charge in [-0.2, -0.15) is 13.2 Å². The van der Waals surface area contributed by atoms with Gasteiger partial charge in [0.15, 0.2) is 17.3 Å². The quantitative estimate of drug-likeness (QED) is 0.231. The predicted octanol–water partition coefficient (Wildman–Crippen LogP) is 5.80. The molecular weight excluding hydrogens is 594 g/mol. The Hall–Kier alpha value is -4.10. The summed E-state index contributed by atoms with van der Waals surface area (Å²) in [5, 5.41) is 4.58. The summed E-state index contributed by atoms with van der Waals surface area (Å²) >= 11 is 0. The largest absolute Gasteiger partial charge is 0.460 e. The Bertz CT molecular complexity index is 1670. The maximum atomic E-state index is 15.0. The molecule has 0 unspecified atom stereocenters. The molecule has 0 bridgehead atoms. The van der Waals surface area contributed by atoms with Crippen molar-refractivity contribution in [1.82, 2.24) is 14.9 Å². The van der Waals surface area contributed by atoms with Crippen molar-refractivity contribution in [3.8, 4) is 5.69 Å². The first kappa shape index (κ1) is 31.3. The molecule has 14 heteroatoms. The molecule has 236 valence electrons. The van der Waals surface area contributed by atoms with Crippen molar-refractivity contribution in [2.75, 3.05) is 11.9 Å². The summed E-state index contributed by atoms with van der Waals surface area (Å²) in [6.07, 6.45) is -2.04. The van der Waals surface area contributed by atoms with Crippen molar-refractivity contribution in [1.29, 1.82) is 0 Å². The number of anilines is 1. The standard InChI is InChI=1S/C30H30F6N4O4/c1-28(2,3)44-22(41)12-29(8-9-29)14-37-21-7-6-17-24(42)18(27(43)39-25(15-4-5-15)30(34,35)36)13-40(26(17)38-21)23-19(32)10-16(31)11-20(23)33/h6-7,10-11,13,15,25H,4-5,8-9,12,14H2,1-3H3,(H,37,38)(H,39,43)/t25-/m0/s1. The fraction of sp³-hybridized carbons (Fsp3) is 0.467. The van der Waals surface area contributed by atoms with E-state index in [0.717, 1.165) is 12.8 Å². The number of amides is 1. The van der Waals surface area contributed by atoms with Gasteiger partial charge < -0.3 is 15.4 Å². The maximum absolute atomic E-state index is 15.0. The van der Waals surface area contributed by atoms with Crippen LogP contribution >= 0.6 is 0 Å². The highest BCUT2D eigenvalue weighted by molar-refractivity contribution is 5.97. The Morgan fingerprint density at radius 1 is 1.09 bits per heavy atom. The number of aromatic nitrogens is 2. The summed E-state index contributed by atoms with van der Waals surface area (Å²) in [6, 6.07) is 1.13. The number of esters is 1. The van der Waals surface area contributed by atoms with E-state index >= 15 is 0 Å². The fourth-order valence-corrected chi connectivity index (χ4v) is 5.07. The van der Waals surface area contributed by atoms with E-state index in [2.05, 4.69) is 10.3 Å². The van der Waals surface area contributed by atoms with E-state index in [-0.39, 0.29) is 48.6 Å². The van der Waals surface area contributed by atoms with Gasteiger partial charge in [-0.3, -0.25) is 19.0 Å². The summed E-state index contributed by atoms with van der Waals surface area (Å²) in [7, 11) is 0. The molecule has 0 spiro atoms. The zero-order chi connectivity index (χ0) is 32.2. The van der Waals surface area contributed by atoms with Crippen LogP contribution in [0.15, 0.2) is 35.3 Å². The van der Waals surface area contributed by atoms with Gasteiger partial charge in [0.1, 0.15) is 34.5 Å². The van der Waals surface area contributed by atoms with Crippen LogP contribution in [0, 0.1) is 28.8 Å². The summed E-state index contributed by atoms with van der Waals surface area (Å²) in [5.74, 6) is -6.51. The number of benzene rings is 1. The minimum Gasteiger partial charge on any atom is -0.460 e. The zero-order valence-corrected chi connectivity index (χ0v) is 24.1. The highest BCUT2D eigenvalue weighted by atomic mass is 19.4. The summed E-state index contributed by atoms with van der Waals surface area (Å²) in [5.41, 5.74) is -4.13. The molecule has 2 heterocycles. The van der Waals surface area contributed by atoms with Gasteiger partial charge in [0, 0.05) is 24.9 Å². The lowest BCUT2D eigenvalue weighted by Crippen LogP contribution is -2.48. The van der Waals surface area contributed by atoms with E-state index in [1.807, 2.05) is 5.32 Å². The Kier molecular flexibility index (Phi) is 7.91. The molecular formula is C30H30F6N4O4. The van der Waals surface area contributed by atoms with Crippen molar-refractivity contribution in [3.05, 3.63) is 63.7 Å². The zero-order valence-electron chi connectivity index (χ0n) is 24.1. The molecule has 2 aliphatic rings. The van der Waals surface area contributed by atoms with Crippen molar-refractivity contribution < 1.29 is 40.7 Å². The monoisotopic (exact) mass is 624 g/mol. The average molecular weight is 625 g/mol. The van der Waals surface area contributed by atoms with Crippen LogP contribution in [0.3, 0.4) is 0 Å². The minimum atomic E-state index is -4.79. The highest BCUT2D eigenvalue weighted by Gasteiger charge is 2.50. The van der Waals surface area contributed by atoms with E-state index in [0.29, 0.717) is 22.9 Å². The Labute approximate surface area is 247 Å². The van der Waals surface area contributed by atoms with Gasteiger partial charge in [-0.05, 0) is 69.9 Å². The molecule has 1 amide bonds. The Morgan fingerprint density at radius 2 is 1.73 bits per heavy atom. The third-order valence-corrected chi connectivity index (χ3v) is 7.59. The first-order chi connectivity index (χ1) is 20.5. The molecule has 5 rings (SSSR count). The molecule has 0 saturated heterocycles. The first-order valence-corrected chi connectivity index (χ1v) is 14.0. The molecule has 8 nitrogen and oxygen atoms in total. The average Bonchev–Trinajstić information content (AvgIpc) is 3.82. The number of ether oxygens (including phenoxy) is 1. The molecule has 0 aliphatic heterocycles. The second kappa shape index (κ2) is 11.1. The fourth-order valence-electron chi connectivity index (χ4n) is 5.07. The lowest BCUT2D eigenvalue weighted by molar-refractivity contribution is -0.158. The first-order valence-electron chi connectivity index (χ1n) is 14.0. The number of pyridine rings is 2. The molecule has 44 heavy (non-hydrogen) atoms. The number of nitrogens with zero attached hydrogens (tertiary/aromatic N) is 2. The van der Waals surface area contributed by atoms with Crippen molar-refractivity contribution in [2.24, 2.45) is 11.3 Å². The number of nitrogens with one attached hydrogen (secondary N) is 2. The second-order valence-electron chi connectivity index (χ2n) is 12.5. The Morgan fingerprint density at radius 3 is 2.27 bits per heavy atom. The third-order valence-electron chi connectivity index (χ3n) is 7.59. The molecule has 3 aromatic rings. The van der Waals surface area contributed by atoms with Gasteiger partial charge in [-0.1, -0.05) is 0 Å². The van der Waals surface area contributed by atoms with Gasteiger partial charge in [0.05, 0.1) is 11.8 Å². The summed E-state index contributed by atoms with van der Waals surface area (Å²) < 4.78 is 90.6. The van der Waals surface area contributed by atoms with Crippen molar-refractivity contribution >= 4 is 28.7 Å². The molecule has 2 saturated carbocycles. The van der Waals surface area contributed by atoms with Crippen molar-refractivity contribution in [2.45, 2.75) is 70.7 Å². The molecule has 0 radical (unpaired) electrons. The van der Waals surface area contributed by atoms with Gasteiger partial charge in [-0.15, -0.1) is 0 Å². The number of carbonyl (C=O) groups excluding carboxylic acids is 2. The number of hydrogen-bond acceptors (Lipinski definition) is 6. The van der Waals surface area contributed by atoms with Crippen LogP contribution in [0.1, 0.15) is 63.2 Å². The van der Waals surface area contributed by atoms with E-state index in [1.54, 1.807) is 20.8 Å². The van der Waals surface area contributed by atoms with Crippen LogP contribution < -0.4 is 16.1 Å². The summed E-state index contributed by atoms with van der Waals surface area (Å²) in [4.78, 5) is 43.1. The Balaban J connectivity index is 1.52. The SMILES string of the molecule is CC(C)(C)OC(=O)CC1(CNc2ccc3c(=O)c(C(=O)N[C@@H](C4CC4)C(F)(F)F)cn(-c4c(F)cc(F)cc4F)c3n2)CC1. The second-order valence-corrected chi connectivity index (χ2v) is 12.5. The minimum absolute atomic E-state index is 0.139. The highest BCUT2D eigenvalue weighted by Crippen LogP contribution is 2.49. The molecule has 1 aromatic carbocycles. The molecule has 2 N–H and O–H groups in total. The number of hydrogen-bond donors (Lipinski definition) is 2.